The lowest BCUT2D eigenvalue weighted by Crippen LogP contribution is -2.45. The zero-order valence-corrected chi connectivity index (χ0v) is 15.0. The molecule has 24 heavy (non-hydrogen) atoms. The summed E-state index contributed by atoms with van der Waals surface area (Å²) in [7, 11) is 1.62. The summed E-state index contributed by atoms with van der Waals surface area (Å²) < 4.78 is 5.14. The highest BCUT2D eigenvalue weighted by atomic mass is 16.5. The van der Waals surface area contributed by atoms with E-state index in [9.17, 15) is 9.90 Å². The number of methoxy groups -OCH3 is 1. The van der Waals surface area contributed by atoms with Gasteiger partial charge in [0, 0.05) is 19.3 Å². The summed E-state index contributed by atoms with van der Waals surface area (Å²) in [5.74, 6) is 0.732. The summed E-state index contributed by atoms with van der Waals surface area (Å²) in [6, 6.07) is 8.37. The first-order valence-corrected chi connectivity index (χ1v) is 9.02. The quantitative estimate of drug-likeness (QED) is 0.919. The Kier molecular flexibility index (Phi) is 4.71. The third-order valence-corrected chi connectivity index (χ3v) is 5.94. The summed E-state index contributed by atoms with van der Waals surface area (Å²) in [5.41, 5.74) is 1.25. The van der Waals surface area contributed by atoms with Gasteiger partial charge in [0.1, 0.15) is 0 Å². The zero-order chi connectivity index (χ0) is 17.4. The van der Waals surface area contributed by atoms with Crippen LogP contribution in [-0.2, 0) is 9.53 Å². The maximum Gasteiger partial charge on any atom is 0.233 e. The second kappa shape index (κ2) is 6.49. The Balaban J connectivity index is 1.71. The fourth-order valence-corrected chi connectivity index (χ4v) is 4.18. The highest BCUT2D eigenvalue weighted by molar-refractivity contribution is 6.00. The molecule has 1 saturated heterocycles. The third-order valence-electron chi connectivity index (χ3n) is 5.94. The second-order valence-corrected chi connectivity index (χ2v) is 7.89. The Hall–Kier alpha value is -1.39. The van der Waals surface area contributed by atoms with Crippen molar-refractivity contribution in [2.75, 3.05) is 25.2 Å². The molecule has 0 aromatic heterocycles. The van der Waals surface area contributed by atoms with Crippen LogP contribution in [0.2, 0.25) is 0 Å². The number of hydrogen-bond acceptors (Lipinski definition) is 3. The molecular weight excluding hydrogens is 302 g/mol. The van der Waals surface area contributed by atoms with Crippen LogP contribution in [-0.4, -0.2) is 36.9 Å². The summed E-state index contributed by atoms with van der Waals surface area (Å²) in [6.07, 6.45) is 3.69. The monoisotopic (exact) mass is 331 g/mol. The van der Waals surface area contributed by atoms with E-state index in [2.05, 4.69) is 38.1 Å². The van der Waals surface area contributed by atoms with E-state index in [1.54, 1.807) is 7.11 Å². The molecule has 1 aromatic rings. The molecule has 132 valence electrons. The lowest BCUT2D eigenvalue weighted by molar-refractivity contribution is -0.133. The lowest BCUT2D eigenvalue weighted by Gasteiger charge is -2.40. The van der Waals surface area contributed by atoms with Gasteiger partial charge in [-0.25, -0.2) is 0 Å². The Bertz CT molecular complexity index is 585. The SMILES string of the molecule is COC[C@]1(O)CC[C@]2(CCN(c3ccc(C(C)C)cc3)C2=O)CC1. The first-order valence-electron chi connectivity index (χ1n) is 9.02. The van der Waals surface area contributed by atoms with E-state index >= 15 is 0 Å². The van der Waals surface area contributed by atoms with E-state index < -0.39 is 5.60 Å². The van der Waals surface area contributed by atoms with Crippen LogP contribution in [0.15, 0.2) is 24.3 Å². The smallest absolute Gasteiger partial charge is 0.233 e. The normalized spacial score (nSPS) is 30.5. The minimum absolute atomic E-state index is 0.235. The molecule has 1 spiro atoms. The molecule has 2 fully saturated rings. The van der Waals surface area contributed by atoms with Crippen molar-refractivity contribution in [1.29, 1.82) is 0 Å². The van der Waals surface area contributed by atoms with Gasteiger partial charge < -0.3 is 14.7 Å². The van der Waals surface area contributed by atoms with Crippen LogP contribution >= 0.6 is 0 Å². The molecule has 4 nitrogen and oxygen atoms in total. The van der Waals surface area contributed by atoms with Crippen molar-refractivity contribution in [3.63, 3.8) is 0 Å². The van der Waals surface area contributed by atoms with Crippen molar-refractivity contribution < 1.29 is 14.6 Å². The van der Waals surface area contributed by atoms with Crippen LogP contribution in [0.1, 0.15) is 57.4 Å². The van der Waals surface area contributed by atoms with Crippen molar-refractivity contribution in [3.8, 4) is 0 Å². The van der Waals surface area contributed by atoms with Gasteiger partial charge in [-0.1, -0.05) is 26.0 Å². The Labute approximate surface area is 144 Å². The fourth-order valence-electron chi connectivity index (χ4n) is 4.18. The standard InChI is InChI=1S/C20H29NO3/c1-15(2)16-4-6-17(7-5-16)21-13-12-19(18(21)22)8-10-20(23,11-9-19)14-24-3/h4-7,15,23H,8-14H2,1-3H3/t19-,20+. The first-order chi connectivity index (χ1) is 11.4. The number of aliphatic hydroxyl groups is 1. The van der Waals surface area contributed by atoms with Crippen LogP contribution in [0.25, 0.3) is 0 Å². The van der Waals surface area contributed by atoms with Crippen LogP contribution in [0.4, 0.5) is 5.69 Å². The predicted octanol–water partition coefficient (Wildman–Crippen LogP) is 3.48. The Morgan fingerprint density at radius 3 is 2.29 bits per heavy atom. The van der Waals surface area contributed by atoms with Crippen LogP contribution in [0.3, 0.4) is 0 Å². The number of hydrogen-bond donors (Lipinski definition) is 1. The number of benzene rings is 1. The molecule has 1 aliphatic heterocycles. The number of carbonyl (C=O) groups excluding carboxylic acids is 1. The van der Waals surface area contributed by atoms with Crippen molar-refractivity contribution in [1.82, 2.24) is 0 Å². The van der Waals surface area contributed by atoms with Gasteiger partial charge in [0.25, 0.3) is 0 Å². The minimum Gasteiger partial charge on any atom is -0.387 e. The van der Waals surface area contributed by atoms with E-state index in [1.165, 1.54) is 5.56 Å². The van der Waals surface area contributed by atoms with Gasteiger partial charge in [0.15, 0.2) is 0 Å². The Morgan fingerprint density at radius 2 is 1.75 bits per heavy atom. The van der Waals surface area contributed by atoms with E-state index in [1.807, 2.05) is 4.90 Å². The van der Waals surface area contributed by atoms with Crippen molar-refractivity contribution in [2.45, 2.75) is 57.5 Å². The molecule has 3 rings (SSSR count). The summed E-state index contributed by atoms with van der Waals surface area (Å²) in [4.78, 5) is 15.0. The summed E-state index contributed by atoms with van der Waals surface area (Å²) in [5, 5.41) is 10.5. The highest BCUT2D eigenvalue weighted by Crippen LogP contribution is 2.48. The van der Waals surface area contributed by atoms with E-state index in [0.29, 0.717) is 25.4 Å². The van der Waals surface area contributed by atoms with E-state index in [0.717, 1.165) is 31.5 Å². The highest BCUT2D eigenvalue weighted by Gasteiger charge is 2.51. The average molecular weight is 331 g/mol. The minimum atomic E-state index is -0.757. The number of carbonyl (C=O) groups is 1. The fraction of sp³-hybridized carbons (Fsp3) is 0.650. The van der Waals surface area contributed by atoms with Gasteiger partial charge in [0.2, 0.25) is 5.91 Å². The van der Waals surface area contributed by atoms with Crippen molar-refractivity contribution in [2.24, 2.45) is 5.41 Å². The topological polar surface area (TPSA) is 49.8 Å². The van der Waals surface area contributed by atoms with Crippen LogP contribution in [0.5, 0.6) is 0 Å². The molecule has 0 atom stereocenters. The van der Waals surface area contributed by atoms with Gasteiger partial charge in [-0.2, -0.15) is 0 Å². The number of rotatable bonds is 4. The molecular formula is C20H29NO3. The van der Waals surface area contributed by atoms with Gasteiger partial charge in [-0.05, 0) is 55.7 Å². The Morgan fingerprint density at radius 1 is 1.12 bits per heavy atom. The number of ether oxygens (including phenoxy) is 1. The predicted molar refractivity (Wildman–Crippen MR) is 95.2 cm³/mol. The molecule has 0 unspecified atom stereocenters. The van der Waals surface area contributed by atoms with Gasteiger partial charge in [-0.3, -0.25) is 4.79 Å². The average Bonchev–Trinajstić information content (AvgIpc) is 2.88. The third kappa shape index (κ3) is 3.09. The molecule has 1 saturated carbocycles. The van der Waals surface area contributed by atoms with Gasteiger partial charge in [-0.15, -0.1) is 0 Å². The van der Waals surface area contributed by atoms with Gasteiger partial charge >= 0.3 is 0 Å². The van der Waals surface area contributed by atoms with E-state index in [4.69, 9.17) is 4.74 Å². The van der Waals surface area contributed by atoms with Gasteiger partial charge in [0.05, 0.1) is 17.6 Å². The molecule has 4 heteroatoms. The second-order valence-electron chi connectivity index (χ2n) is 7.89. The summed E-state index contributed by atoms with van der Waals surface area (Å²) >= 11 is 0. The molecule has 0 radical (unpaired) electrons. The number of nitrogens with zero attached hydrogens (tertiary/aromatic N) is 1. The number of anilines is 1. The van der Waals surface area contributed by atoms with Crippen LogP contribution in [0, 0.1) is 5.41 Å². The van der Waals surface area contributed by atoms with E-state index in [-0.39, 0.29) is 11.3 Å². The largest absolute Gasteiger partial charge is 0.387 e. The maximum absolute atomic E-state index is 13.1. The number of amides is 1. The van der Waals surface area contributed by atoms with Crippen LogP contribution < -0.4 is 4.90 Å². The molecule has 1 aliphatic carbocycles. The van der Waals surface area contributed by atoms with Crippen molar-refractivity contribution >= 4 is 11.6 Å². The maximum atomic E-state index is 13.1. The zero-order valence-electron chi connectivity index (χ0n) is 15.0. The molecule has 2 aliphatic rings. The molecule has 1 aromatic carbocycles. The molecule has 1 amide bonds. The molecule has 1 heterocycles. The molecule has 1 N–H and O–H groups in total. The first kappa shape index (κ1) is 17.4. The van der Waals surface area contributed by atoms with Crippen molar-refractivity contribution in [3.05, 3.63) is 29.8 Å². The molecule has 0 bridgehead atoms. The summed E-state index contributed by atoms with van der Waals surface area (Å²) in [6.45, 7) is 5.49. The lowest BCUT2D eigenvalue weighted by atomic mass is 9.68.